The summed E-state index contributed by atoms with van der Waals surface area (Å²) in [4.78, 5) is 21.2. The predicted molar refractivity (Wildman–Crippen MR) is 118 cm³/mol. The maximum Gasteiger partial charge on any atom is 0.410 e. The highest BCUT2D eigenvalue weighted by atomic mass is 16.6. The van der Waals surface area contributed by atoms with Gasteiger partial charge < -0.3 is 19.1 Å². The summed E-state index contributed by atoms with van der Waals surface area (Å²) in [6, 6.07) is 18.3. The molecule has 156 valence electrons. The third-order valence-corrected chi connectivity index (χ3v) is 5.60. The standard InChI is InChI=1S/C24H28N4O2/c1-19-25-23(17-26(19)2)21-9-11-22(12-10-21)27-13-6-14-28(16-15-27)24(29)30-18-20-7-4-3-5-8-20/h3-5,7-12,17H,6,13-16,18H2,1-2H3. The lowest BCUT2D eigenvalue weighted by molar-refractivity contribution is 0.0986. The van der Waals surface area contributed by atoms with Crippen LogP contribution in [0, 0.1) is 6.92 Å². The number of amides is 1. The lowest BCUT2D eigenvalue weighted by Gasteiger charge is -2.23. The summed E-state index contributed by atoms with van der Waals surface area (Å²) in [7, 11) is 2.01. The summed E-state index contributed by atoms with van der Waals surface area (Å²) in [6.45, 7) is 5.41. The van der Waals surface area contributed by atoms with Crippen molar-refractivity contribution < 1.29 is 9.53 Å². The highest BCUT2D eigenvalue weighted by Crippen LogP contribution is 2.23. The van der Waals surface area contributed by atoms with Gasteiger partial charge in [0, 0.05) is 50.7 Å². The van der Waals surface area contributed by atoms with Gasteiger partial charge in [0.25, 0.3) is 0 Å². The maximum atomic E-state index is 12.5. The molecule has 0 atom stereocenters. The Morgan fingerprint density at radius 2 is 1.77 bits per heavy atom. The third-order valence-electron chi connectivity index (χ3n) is 5.60. The van der Waals surface area contributed by atoms with Gasteiger partial charge in [-0.25, -0.2) is 9.78 Å². The van der Waals surface area contributed by atoms with Crippen LogP contribution in [0.2, 0.25) is 0 Å². The molecular formula is C24H28N4O2. The van der Waals surface area contributed by atoms with Crippen molar-refractivity contribution in [3.05, 3.63) is 72.2 Å². The van der Waals surface area contributed by atoms with Gasteiger partial charge in [-0.15, -0.1) is 0 Å². The molecule has 0 N–H and O–H groups in total. The van der Waals surface area contributed by atoms with E-state index >= 15 is 0 Å². The Bertz CT molecular complexity index is 963. The van der Waals surface area contributed by atoms with Crippen LogP contribution in [0.4, 0.5) is 10.5 Å². The van der Waals surface area contributed by atoms with Crippen LogP contribution in [0.1, 0.15) is 17.8 Å². The van der Waals surface area contributed by atoms with E-state index in [2.05, 4.69) is 40.3 Å². The molecule has 1 fully saturated rings. The Balaban J connectivity index is 1.34. The van der Waals surface area contributed by atoms with E-state index in [0.29, 0.717) is 13.2 Å². The van der Waals surface area contributed by atoms with Gasteiger partial charge in [-0.3, -0.25) is 0 Å². The van der Waals surface area contributed by atoms with E-state index in [1.54, 1.807) is 0 Å². The molecule has 2 heterocycles. The number of anilines is 1. The highest BCUT2D eigenvalue weighted by Gasteiger charge is 2.20. The second-order valence-corrected chi connectivity index (χ2v) is 7.70. The highest BCUT2D eigenvalue weighted by molar-refractivity contribution is 5.68. The normalized spacial score (nSPS) is 14.5. The van der Waals surface area contributed by atoms with Gasteiger partial charge in [0.15, 0.2) is 0 Å². The fraction of sp³-hybridized carbons (Fsp3) is 0.333. The van der Waals surface area contributed by atoms with Crippen LogP contribution in [-0.2, 0) is 18.4 Å². The van der Waals surface area contributed by atoms with Crippen LogP contribution in [0.5, 0.6) is 0 Å². The van der Waals surface area contributed by atoms with E-state index in [-0.39, 0.29) is 6.09 Å². The second-order valence-electron chi connectivity index (χ2n) is 7.70. The number of aromatic nitrogens is 2. The van der Waals surface area contributed by atoms with Crippen LogP contribution in [0.15, 0.2) is 60.8 Å². The number of nitrogens with zero attached hydrogens (tertiary/aromatic N) is 4. The maximum absolute atomic E-state index is 12.5. The number of ether oxygens (including phenoxy) is 1. The molecule has 6 heteroatoms. The van der Waals surface area contributed by atoms with E-state index in [9.17, 15) is 4.79 Å². The first-order chi connectivity index (χ1) is 14.6. The summed E-state index contributed by atoms with van der Waals surface area (Å²) in [5, 5.41) is 0. The van der Waals surface area contributed by atoms with Crippen molar-refractivity contribution in [2.24, 2.45) is 7.05 Å². The number of aryl methyl sites for hydroxylation is 2. The Labute approximate surface area is 177 Å². The molecule has 1 aromatic heterocycles. The van der Waals surface area contributed by atoms with Gasteiger partial charge in [-0.2, -0.15) is 0 Å². The molecule has 1 amide bonds. The molecule has 0 radical (unpaired) electrons. The van der Waals surface area contributed by atoms with E-state index in [1.165, 1.54) is 5.69 Å². The topological polar surface area (TPSA) is 50.6 Å². The summed E-state index contributed by atoms with van der Waals surface area (Å²) >= 11 is 0. The van der Waals surface area contributed by atoms with Crippen LogP contribution in [0.3, 0.4) is 0 Å². The van der Waals surface area contributed by atoms with E-state index in [4.69, 9.17) is 4.74 Å². The molecule has 3 aromatic rings. The smallest absolute Gasteiger partial charge is 0.410 e. The number of carbonyl (C=O) groups is 1. The number of hydrogen-bond acceptors (Lipinski definition) is 4. The Hall–Kier alpha value is -3.28. The first-order valence-electron chi connectivity index (χ1n) is 10.4. The molecule has 0 bridgehead atoms. The van der Waals surface area contributed by atoms with Crippen molar-refractivity contribution in [1.82, 2.24) is 14.5 Å². The fourth-order valence-corrected chi connectivity index (χ4v) is 3.71. The molecule has 1 saturated heterocycles. The molecule has 2 aromatic carbocycles. The van der Waals surface area contributed by atoms with Gasteiger partial charge in [-0.05, 0) is 31.0 Å². The minimum absolute atomic E-state index is 0.235. The number of hydrogen-bond donors (Lipinski definition) is 0. The van der Waals surface area contributed by atoms with Crippen molar-refractivity contribution in [3.8, 4) is 11.3 Å². The van der Waals surface area contributed by atoms with Crippen molar-refractivity contribution in [3.63, 3.8) is 0 Å². The number of imidazole rings is 1. The molecular weight excluding hydrogens is 376 g/mol. The Morgan fingerprint density at radius 1 is 1.00 bits per heavy atom. The summed E-state index contributed by atoms with van der Waals surface area (Å²) in [5.41, 5.74) is 4.28. The van der Waals surface area contributed by atoms with E-state index in [1.807, 2.05) is 53.8 Å². The summed E-state index contributed by atoms with van der Waals surface area (Å²) in [5.74, 6) is 1.00. The monoisotopic (exact) mass is 404 g/mol. The van der Waals surface area contributed by atoms with Crippen molar-refractivity contribution in [2.45, 2.75) is 20.0 Å². The zero-order valence-electron chi connectivity index (χ0n) is 17.6. The number of rotatable bonds is 4. The van der Waals surface area contributed by atoms with Crippen LogP contribution in [0.25, 0.3) is 11.3 Å². The zero-order valence-corrected chi connectivity index (χ0v) is 17.6. The van der Waals surface area contributed by atoms with Crippen LogP contribution >= 0.6 is 0 Å². The number of benzene rings is 2. The van der Waals surface area contributed by atoms with Crippen LogP contribution in [-0.4, -0.2) is 46.7 Å². The molecule has 4 rings (SSSR count). The van der Waals surface area contributed by atoms with Crippen molar-refractivity contribution >= 4 is 11.8 Å². The second kappa shape index (κ2) is 9.03. The molecule has 0 aliphatic carbocycles. The Kier molecular flexibility index (Phi) is 6.02. The predicted octanol–water partition coefficient (Wildman–Crippen LogP) is 4.24. The quantitative estimate of drug-likeness (QED) is 0.653. The van der Waals surface area contributed by atoms with Gasteiger partial charge >= 0.3 is 6.09 Å². The lowest BCUT2D eigenvalue weighted by atomic mass is 10.1. The zero-order chi connectivity index (χ0) is 20.9. The average molecular weight is 405 g/mol. The minimum Gasteiger partial charge on any atom is -0.445 e. The van der Waals surface area contributed by atoms with Gasteiger partial charge in [0.2, 0.25) is 0 Å². The first-order valence-corrected chi connectivity index (χ1v) is 10.4. The largest absolute Gasteiger partial charge is 0.445 e. The van der Waals surface area contributed by atoms with Crippen molar-refractivity contribution in [2.75, 3.05) is 31.1 Å². The van der Waals surface area contributed by atoms with Gasteiger partial charge in [0.1, 0.15) is 12.4 Å². The molecule has 1 aliphatic rings. The number of carbonyl (C=O) groups excluding carboxylic acids is 1. The summed E-state index contributed by atoms with van der Waals surface area (Å²) < 4.78 is 7.53. The lowest BCUT2D eigenvalue weighted by Crippen LogP contribution is -2.35. The molecule has 0 unspecified atom stereocenters. The summed E-state index contributed by atoms with van der Waals surface area (Å²) in [6.07, 6.45) is 2.73. The molecule has 0 saturated carbocycles. The first kappa shape index (κ1) is 20.0. The third kappa shape index (κ3) is 4.64. The van der Waals surface area contributed by atoms with Gasteiger partial charge in [0.05, 0.1) is 5.69 Å². The van der Waals surface area contributed by atoms with Crippen LogP contribution < -0.4 is 4.90 Å². The fourth-order valence-electron chi connectivity index (χ4n) is 3.71. The molecule has 30 heavy (non-hydrogen) atoms. The average Bonchev–Trinajstić information content (AvgIpc) is 2.96. The SMILES string of the molecule is Cc1nc(-c2ccc(N3CCCN(C(=O)OCc4ccccc4)CC3)cc2)cn1C. The van der Waals surface area contributed by atoms with Gasteiger partial charge in [-0.1, -0.05) is 42.5 Å². The Morgan fingerprint density at radius 3 is 2.47 bits per heavy atom. The van der Waals surface area contributed by atoms with E-state index < -0.39 is 0 Å². The molecule has 0 spiro atoms. The van der Waals surface area contributed by atoms with Crippen molar-refractivity contribution in [1.29, 1.82) is 0 Å². The molecule has 6 nitrogen and oxygen atoms in total. The minimum atomic E-state index is -0.235. The van der Waals surface area contributed by atoms with E-state index in [0.717, 1.165) is 48.7 Å². The molecule has 1 aliphatic heterocycles.